The molecule has 20 heavy (non-hydrogen) atoms. The molecule has 1 aromatic rings. The van der Waals surface area contributed by atoms with E-state index in [0.29, 0.717) is 19.4 Å². The summed E-state index contributed by atoms with van der Waals surface area (Å²) in [6, 6.07) is -0.750. The van der Waals surface area contributed by atoms with E-state index in [2.05, 4.69) is 4.98 Å². The number of hydrogen-bond donors (Lipinski definition) is 1. The van der Waals surface area contributed by atoms with Crippen LogP contribution >= 0.6 is 0 Å². The van der Waals surface area contributed by atoms with Crippen molar-refractivity contribution in [1.82, 2.24) is 14.5 Å². The Morgan fingerprint density at radius 2 is 2.30 bits per heavy atom. The van der Waals surface area contributed by atoms with Gasteiger partial charge in [0.2, 0.25) is 12.2 Å². The number of carboxylic acid groups (broad SMARTS) is 1. The lowest BCUT2D eigenvalue weighted by atomic mass is 10.2. The number of aryl methyl sites for hydroxylation is 1. The molecule has 0 spiro atoms. The van der Waals surface area contributed by atoms with Crippen LogP contribution in [0.4, 0.5) is 5.82 Å². The summed E-state index contributed by atoms with van der Waals surface area (Å²) in [4.78, 5) is 37.7. The molecular formula is C11H14N4O5. The quantitative estimate of drug-likeness (QED) is 0.611. The van der Waals surface area contributed by atoms with E-state index in [4.69, 9.17) is 5.11 Å². The van der Waals surface area contributed by atoms with Crippen molar-refractivity contribution in [3.8, 4) is 0 Å². The van der Waals surface area contributed by atoms with Crippen LogP contribution < -0.4 is 0 Å². The van der Waals surface area contributed by atoms with Crippen molar-refractivity contribution in [2.75, 3.05) is 6.54 Å². The first-order valence-electron chi connectivity index (χ1n) is 6.17. The number of hydrogen-bond acceptors (Lipinski definition) is 5. The minimum Gasteiger partial charge on any atom is -0.480 e. The van der Waals surface area contributed by atoms with Crippen molar-refractivity contribution in [1.29, 1.82) is 0 Å². The Morgan fingerprint density at radius 1 is 1.55 bits per heavy atom. The molecule has 1 saturated heterocycles. The number of carboxylic acids is 1. The zero-order chi connectivity index (χ0) is 14.7. The second kappa shape index (κ2) is 5.68. The summed E-state index contributed by atoms with van der Waals surface area (Å²) in [5.41, 5.74) is 0. The van der Waals surface area contributed by atoms with Gasteiger partial charge in [0.1, 0.15) is 12.2 Å². The van der Waals surface area contributed by atoms with Gasteiger partial charge in [0.25, 0.3) is 0 Å². The molecule has 1 N–H and O–H groups in total. The van der Waals surface area contributed by atoms with E-state index in [0.717, 1.165) is 0 Å². The standard InChI is InChI=1S/C11H14N4O5/c16-10(14-4-1-2-8(14)11(17)18)3-5-13-6-9(12-7-13)15(19)20/h6-8H,1-5H2,(H,17,18)/t8-/m1/s1. The number of aromatic nitrogens is 2. The molecule has 0 saturated carbocycles. The minimum atomic E-state index is -0.992. The van der Waals surface area contributed by atoms with E-state index in [1.165, 1.54) is 22.0 Å². The maximum absolute atomic E-state index is 12.0. The van der Waals surface area contributed by atoms with E-state index < -0.39 is 16.9 Å². The molecular weight excluding hydrogens is 268 g/mol. The van der Waals surface area contributed by atoms with Gasteiger partial charge in [-0.25, -0.2) is 4.79 Å². The average molecular weight is 282 g/mol. The molecule has 2 heterocycles. The molecule has 1 aliphatic rings. The number of nitrogens with zero attached hydrogens (tertiary/aromatic N) is 4. The minimum absolute atomic E-state index is 0.0945. The van der Waals surface area contributed by atoms with Crippen molar-refractivity contribution in [2.45, 2.75) is 31.8 Å². The van der Waals surface area contributed by atoms with Crippen LogP contribution in [0.25, 0.3) is 0 Å². The van der Waals surface area contributed by atoms with Crippen molar-refractivity contribution in [2.24, 2.45) is 0 Å². The third-order valence-electron chi connectivity index (χ3n) is 3.25. The Morgan fingerprint density at radius 3 is 2.90 bits per heavy atom. The van der Waals surface area contributed by atoms with Gasteiger partial charge in [-0.3, -0.25) is 4.79 Å². The summed E-state index contributed by atoms with van der Waals surface area (Å²) in [7, 11) is 0. The van der Waals surface area contributed by atoms with E-state index in [1.807, 2.05) is 0 Å². The SMILES string of the molecule is O=C(O)[C@H]1CCCN1C(=O)CCn1cnc([N+](=O)[O-])c1. The Kier molecular flexibility index (Phi) is 3.97. The highest BCUT2D eigenvalue weighted by molar-refractivity contribution is 5.84. The van der Waals surface area contributed by atoms with Gasteiger partial charge in [0.15, 0.2) is 0 Å². The first kappa shape index (κ1) is 14.0. The van der Waals surface area contributed by atoms with Crippen LogP contribution in [0.1, 0.15) is 19.3 Å². The van der Waals surface area contributed by atoms with Gasteiger partial charge in [0.05, 0.1) is 0 Å². The van der Waals surface area contributed by atoms with E-state index in [1.54, 1.807) is 0 Å². The van der Waals surface area contributed by atoms with Crippen LogP contribution in [0, 0.1) is 10.1 Å². The molecule has 9 heteroatoms. The highest BCUT2D eigenvalue weighted by Crippen LogP contribution is 2.18. The van der Waals surface area contributed by atoms with Crippen LogP contribution in [0.3, 0.4) is 0 Å². The third kappa shape index (κ3) is 2.92. The normalized spacial score (nSPS) is 18.2. The van der Waals surface area contributed by atoms with Crippen LogP contribution in [-0.4, -0.2) is 48.9 Å². The Hall–Kier alpha value is -2.45. The van der Waals surface area contributed by atoms with Gasteiger partial charge in [-0.15, -0.1) is 0 Å². The number of imidazole rings is 1. The Labute approximate surface area is 114 Å². The van der Waals surface area contributed by atoms with Crippen molar-refractivity contribution >= 4 is 17.7 Å². The summed E-state index contributed by atoms with van der Waals surface area (Å²) in [5.74, 6) is -1.53. The lowest BCUT2D eigenvalue weighted by Gasteiger charge is -2.21. The molecule has 9 nitrogen and oxygen atoms in total. The number of carbonyl (C=O) groups is 2. The first-order valence-corrected chi connectivity index (χ1v) is 6.17. The molecule has 1 fully saturated rings. The molecule has 0 aliphatic carbocycles. The van der Waals surface area contributed by atoms with Gasteiger partial charge >= 0.3 is 11.8 Å². The molecule has 108 valence electrons. The van der Waals surface area contributed by atoms with Crippen molar-refractivity contribution in [3.05, 3.63) is 22.6 Å². The summed E-state index contributed by atoms with van der Waals surface area (Å²) < 4.78 is 1.45. The molecule has 2 rings (SSSR count). The lowest BCUT2D eigenvalue weighted by molar-refractivity contribution is -0.389. The Bertz CT molecular complexity index is 541. The summed E-state index contributed by atoms with van der Waals surface area (Å²) in [6.45, 7) is 0.683. The van der Waals surface area contributed by atoms with E-state index >= 15 is 0 Å². The number of aliphatic carboxylic acids is 1. The van der Waals surface area contributed by atoms with Crippen molar-refractivity contribution in [3.63, 3.8) is 0 Å². The molecule has 0 radical (unpaired) electrons. The number of amides is 1. The Balaban J connectivity index is 1.91. The van der Waals surface area contributed by atoms with Crippen molar-refractivity contribution < 1.29 is 19.6 Å². The topological polar surface area (TPSA) is 119 Å². The number of rotatable bonds is 5. The fraction of sp³-hybridized carbons (Fsp3) is 0.545. The van der Waals surface area contributed by atoms with Crippen LogP contribution in [-0.2, 0) is 16.1 Å². The molecule has 0 bridgehead atoms. The summed E-state index contributed by atoms with van der Waals surface area (Å²) >= 11 is 0. The molecule has 1 atom stereocenters. The van der Waals surface area contributed by atoms with E-state index in [9.17, 15) is 19.7 Å². The highest BCUT2D eigenvalue weighted by Gasteiger charge is 2.33. The fourth-order valence-electron chi connectivity index (χ4n) is 2.26. The smallest absolute Gasteiger partial charge is 0.381 e. The zero-order valence-corrected chi connectivity index (χ0v) is 10.6. The number of carbonyl (C=O) groups excluding carboxylic acids is 1. The molecule has 1 aliphatic heterocycles. The molecule has 1 aromatic heterocycles. The number of likely N-dealkylation sites (tertiary alicyclic amines) is 1. The average Bonchev–Trinajstić information content (AvgIpc) is 3.04. The molecule has 0 aromatic carbocycles. The maximum atomic E-state index is 12.0. The zero-order valence-electron chi connectivity index (χ0n) is 10.6. The predicted octanol–water partition coefficient (Wildman–Crippen LogP) is 0.257. The van der Waals surface area contributed by atoms with Gasteiger partial charge < -0.3 is 24.7 Å². The second-order valence-electron chi connectivity index (χ2n) is 4.56. The van der Waals surface area contributed by atoms with Gasteiger partial charge in [0, 0.05) is 19.5 Å². The monoisotopic (exact) mass is 282 g/mol. The van der Waals surface area contributed by atoms with E-state index in [-0.39, 0.29) is 24.7 Å². The fourth-order valence-corrected chi connectivity index (χ4v) is 2.26. The second-order valence-corrected chi connectivity index (χ2v) is 4.56. The van der Waals surface area contributed by atoms with Crippen LogP contribution in [0.15, 0.2) is 12.5 Å². The maximum Gasteiger partial charge on any atom is 0.381 e. The van der Waals surface area contributed by atoms with Gasteiger partial charge in [-0.2, -0.15) is 0 Å². The van der Waals surface area contributed by atoms with Crippen LogP contribution in [0.5, 0.6) is 0 Å². The first-order chi connectivity index (χ1) is 9.49. The predicted molar refractivity (Wildman–Crippen MR) is 65.9 cm³/mol. The summed E-state index contributed by atoms with van der Waals surface area (Å²) in [5, 5.41) is 19.5. The largest absolute Gasteiger partial charge is 0.480 e. The molecule has 1 amide bonds. The third-order valence-corrected chi connectivity index (χ3v) is 3.25. The lowest BCUT2D eigenvalue weighted by Crippen LogP contribution is -2.40. The van der Waals surface area contributed by atoms with Gasteiger partial charge in [-0.05, 0) is 22.7 Å². The number of nitro groups is 1. The summed E-state index contributed by atoms with van der Waals surface area (Å²) in [6.07, 6.45) is 3.77. The van der Waals surface area contributed by atoms with Gasteiger partial charge in [-0.1, -0.05) is 0 Å². The van der Waals surface area contributed by atoms with Crippen LogP contribution in [0.2, 0.25) is 0 Å². The highest BCUT2D eigenvalue weighted by atomic mass is 16.6. The molecule has 0 unspecified atom stereocenters.